The lowest BCUT2D eigenvalue weighted by molar-refractivity contribution is 0.768. The Hall–Kier alpha value is -8.98. The van der Waals surface area contributed by atoms with Crippen molar-refractivity contribution >= 4 is 38.9 Å². The molecule has 0 amide bonds. The van der Waals surface area contributed by atoms with Crippen LogP contribution in [0.5, 0.6) is 0 Å². The van der Waals surface area contributed by atoms with Crippen LogP contribution >= 0.6 is 0 Å². The molecule has 11 aromatic carbocycles. The van der Waals surface area contributed by atoms with Crippen LogP contribution in [0.25, 0.3) is 72.0 Å². The summed E-state index contributed by atoms with van der Waals surface area (Å²) < 4.78 is 2.46. The van der Waals surface area contributed by atoms with Gasteiger partial charge in [0.25, 0.3) is 0 Å². The molecule has 0 fully saturated rings. The molecule has 0 radical (unpaired) electrons. The minimum Gasteiger partial charge on any atom is -0.310 e. The van der Waals surface area contributed by atoms with Crippen LogP contribution < -0.4 is 4.90 Å². The van der Waals surface area contributed by atoms with E-state index >= 15 is 0 Å². The maximum Gasteiger partial charge on any atom is 0.0713 e. The molecule has 2 heteroatoms. The van der Waals surface area contributed by atoms with Crippen molar-refractivity contribution in [1.82, 2.24) is 4.57 Å². The predicted octanol–water partition coefficient (Wildman–Crippen LogP) is 17.6. The number of hydrogen-bond donors (Lipinski definition) is 0. The normalized spacial score (nSPS) is 12.5. The number of benzene rings is 11. The first-order valence-corrected chi connectivity index (χ1v) is 23.8. The van der Waals surface area contributed by atoms with Gasteiger partial charge in [0.1, 0.15) is 0 Å². The molecule has 13 rings (SSSR count). The van der Waals surface area contributed by atoms with Crippen molar-refractivity contribution < 1.29 is 0 Å². The van der Waals surface area contributed by atoms with Crippen molar-refractivity contribution in [2.45, 2.75) is 5.41 Å². The number of rotatable bonds is 9. The summed E-state index contributed by atoms with van der Waals surface area (Å²) in [4.78, 5) is 2.34. The first-order valence-electron chi connectivity index (χ1n) is 23.8. The third-order valence-electron chi connectivity index (χ3n) is 14.3. The zero-order valence-corrected chi connectivity index (χ0v) is 38.0. The van der Waals surface area contributed by atoms with Crippen molar-refractivity contribution in [3.05, 3.63) is 301 Å². The molecule has 1 aromatic heterocycles. The summed E-state index contributed by atoms with van der Waals surface area (Å²) in [7, 11) is 0. The zero-order valence-electron chi connectivity index (χ0n) is 38.0. The fourth-order valence-corrected chi connectivity index (χ4v) is 11.2. The van der Waals surface area contributed by atoms with Crippen molar-refractivity contribution in [2.75, 3.05) is 4.90 Å². The van der Waals surface area contributed by atoms with Gasteiger partial charge in [-0.05, 0) is 140 Å². The first kappa shape index (κ1) is 40.3. The van der Waals surface area contributed by atoms with Gasteiger partial charge in [-0.3, -0.25) is 0 Å². The minimum atomic E-state index is -0.436. The molecule has 1 heterocycles. The Morgan fingerprint density at radius 1 is 0.275 bits per heavy atom. The molecule has 0 atom stereocenters. The van der Waals surface area contributed by atoms with Crippen LogP contribution in [0.3, 0.4) is 0 Å². The Morgan fingerprint density at radius 2 is 0.768 bits per heavy atom. The number of nitrogens with zero attached hydrogens (tertiary/aromatic N) is 2. The Kier molecular flexibility index (Phi) is 9.77. The van der Waals surface area contributed by atoms with Crippen LogP contribution in [0.2, 0.25) is 0 Å². The minimum absolute atomic E-state index is 0.436. The van der Waals surface area contributed by atoms with E-state index in [0.29, 0.717) is 0 Å². The van der Waals surface area contributed by atoms with Gasteiger partial charge in [0.2, 0.25) is 0 Å². The molecule has 2 nitrogen and oxygen atoms in total. The summed E-state index contributed by atoms with van der Waals surface area (Å²) in [6.45, 7) is 0. The SMILES string of the molecule is c1ccc(-c2ccc(N(c3ccccc3)c3cccc(-c4cccc(-c5ccc6c(c5)c5ccccc5n6-c5ccc6c(c5)-c5ccccc5C6(c5ccccc5)c5ccccc5)c4)c3)cc2)cc1. The first-order chi connectivity index (χ1) is 34.2. The van der Waals surface area contributed by atoms with Gasteiger partial charge in [-0.15, -0.1) is 0 Å². The van der Waals surface area contributed by atoms with E-state index in [0.717, 1.165) is 28.3 Å². The largest absolute Gasteiger partial charge is 0.310 e. The molecule has 0 unspecified atom stereocenters. The molecule has 0 N–H and O–H groups in total. The highest BCUT2D eigenvalue weighted by Gasteiger charge is 2.46. The van der Waals surface area contributed by atoms with Gasteiger partial charge in [-0.25, -0.2) is 0 Å². The average molecular weight is 879 g/mol. The van der Waals surface area contributed by atoms with Gasteiger partial charge in [-0.1, -0.05) is 206 Å². The van der Waals surface area contributed by atoms with Crippen LogP contribution in [0.4, 0.5) is 17.1 Å². The molecule has 0 aliphatic heterocycles. The van der Waals surface area contributed by atoms with E-state index in [1.165, 1.54) is 83.0 Å². The van der Waals surface area contributed by atoms with E-state index in [1.54, 1.807) is 0 Å². The Labute approximate surface area is 403 Å². The van der Waals surface area contributed by atoms with Crippen LogP contribution in [-0.4, -0.2) is 4.57 Å². The molecule has 0 bridgehead atoms. The van der Waals surface area contributed by atoms with Crippen molar-refractivity contribution in [1.29, 1.82) is 0 Å². The van der Waals surface area contributed by atoms with Crippen molar-refractivity contribution in [3.63, 3.8) is 0 Å². The Balaban J connectivity index is 0.888. The van der Waals surface area contributed by atoms with Gasteiger partial charge in [0.15, 0.2) is 0 Å². The van der Waals surface area contributed by atoms with E-state index in [1.807, 2.05) is 0 Å². The molecule has 0 saturated carbocycles. The fraction of sp³-hybridized carbons (Fsp3) is 0.0149. The number of anilines is 3. The highest BCUT2D eigenvalue weighted by atomic mass is 15.1. The molecule has 0 saturated heterocycles. The highest BCUT2D eigenvalue weighted by Crippen LogP contribution is 2.56. The standard InChI is InChI=1S/C67H46N2/c1-5-19-47(20-6-1)48-35-38-56(39-36-48)68(55-28-11-4-12-29-55)57-30-18-23-51(44-57)49-21-17-22-50(43-49)52-37-42-66-62(45-52)60-32-14-16-34-65(60)69(66)58-40-41-64-61(46-58)59-31-13-15-33-63(59)67(64,53-24-7-2-8-25-53)54-26-9-3-10-27-54/h1-46H. The molecule has 1 aliphatic rings. The lowest BCUT2D eigenvalue weighted by atomic mass is 9.68. The number of aromatic nitrogens is 1. The smallest absolute Gasteiger partial charge is 0.0713 e. The summed E-state index contributed by atoms with van der Waals surface area (Å²) in [5.41, 5.74) is 21.2. The zero-order chi connectivity index (χ0) is 45.7. The molecule has 1 aliphatic carbocycles. The third-order valence-corrected chi connectivity index (χ3v) is 14.3. The van der Waals surface area contributed by atoms with Crippen LogP contribution in [0, 0.1) is 0 Å². The number of fused-ring (bicyclic) bond motifs is 6. The summed E-state index contributed by atoms with van der Waals surface area (Å²) in [6, 6.07) is 102. The molecular weight excluding hydrogens is 833 g/mol. The van der Waals surface area contributed by atoms with E-state index < -0.39 is 5.41 Å². The second kappa shape index (κ2) is 16.7. The summed E-state index contributed by atoms with van der Waals surface area (Å²) >= 11 is 0. The quantitative estimate of drug-likeness (QED) is 0.140. The monoisotopic (exact) mass is 878 g/mol. The van der Waals surface area contributed by atoms with Crippen LogP contribution in [0.1, 0.15) is 22.3 Å². The van der Waals surface area contributed by atoms with Crippen LogP contribution in [-0.2, 0) is 5.41 Å². The van der Waals surface area contributed by atoms with E-state index in [4.69, 9.17) is 0 Å². The number of para-hydroxylation sites is 2. The van der Waals surface area contributed by atoms with Gasteiger partial charge in [-0.2, -0.15) is 0 Å². The topological polar surface area (TPSA) is 8.17 Å². The van der Waals surface area contributed by atoms with Gasteiger partial charge >= 0.3 is 0 Å². The maximum atomic E-state index is 2.46. The van der Waals surface area contributed by atoms with Gasteiger partial charge < -0.3 is 9.47 Å². The molecule has 324 valence electrons. The molecule has 69 heavy (non-hydrogen) atoms. The van der Waals surface area contributed by atoms with E-state index in [9.17, 15) is 0 Å². The number of hydrogen-bond acceptors (Lipinski definition) is 1. The maximum absolute atomic E-state index is 2.46. The summed E-state index contributed by atoms with van der Waals surface area (Å²) in [6.07, 6.45) is 0. The molecule has 12 aromatic rings. The second-order valence-electron chi connectivity index (χ2n) is 18.1. The second-order valence-corrected chi connectivity index (χ2v) is 18.1. The third kappa shape index (κ3) is 6.72. The lowest BCUT2D eigenvalue weighted by Crippen LogP contribution is -2.28. The summed E-state index contributed by atoms with van der Waals surface area (Å²) in [5.74, 6) is 0. The Bertz CT molecular complexity index is 3780. The van der Waals surface area contributed by atoms with Crippen LogP contribution in [0.15, 0.2) is 279 Å². The fourth-order valence-electron chi connectivity index (χ4n) is 11.2. The average Bonchev–Trinajstić information content (AvgIpc) is 3.92. The Morgan fingerprint density at radius 3 is 1.49 bits per heavy atom. The molecular formula is C67H46N2. The van der Waals surface area contributed by atoms with Crippen molar-refractivity contribution in [3.8, 4) is 50.2 Å². The van der Waals surface area contributed by atoms with E-state index in [2.05, 4.69) is 289 Å². The van der Waals surface area contributed by atoms with Crippen molar-refractivity contribution in [2.24, 2.45) is 0 Å². The summed E-state index contributed by atoms with van der Waals surface area (Å²) in [5, 5.41) is 2.47. The highest BCUT2D eigenvalue weighted by molar-refractivity contribution is 6.10. The molecule has 0 spiro atoms. The van der Waals surface area contributed by atoms with Gasteiger partial charge in [0, 0.05) is 33.5 Å². The van der Waals surface area contributed by atoms with E-state index in [-0.39, 0.29) is 0 Å². The van der Waals surface area contributed by atoms with Gasteiger partial charge in [0.05, 0.1) is 16.4 Å². The lowest BCUT2D eigenvalue weighted by Gasteiger charge is -2.33. The predicted molar refractivity (Wildman–Crippen MR) is 289 cm³/mol.